The first-order valence-electron chi connectivity index (χ1n) is 11.8. The maximum absolute atomic E-state index is 14.0. The number of amides is 1. The van der Waals surface area contributed by atoms with Crippen LogP contribution in [0.3, 0.4) is 0 Å². The minimum Gasteiger partial charge on any atom is -0.395 e. The van der Waals surface area contributed by atoms with Crippen LogP contribution < -0.4 is 11.1 Å². The zero-order chi connectivity index (χ0) is 27.4. The largest absolute Gasteiger partial charge is 0.416 e. The molecule has 10 heteroatoms. The van der Waals surface area contributed by atoms with Crippen molar-refractivity contribution in [2.75, 3.05) is 18.5 Å². The predicted molar refractivity (Wildman–Crippen MR) is 136 cm³/mol. The van der Waals surface area contributed by atoms with Gasteiger partial charge in [0.1, 0.15) is 17.3 Å². The van der Waals surface area contributed by atoms with Gasteiger partial charge in [0.2, 0.25) is 0 Å². The SMILES string of the molecule is NC(=O)c1[nH]c2c(NCCO)cccc2c1-c1ccc(CCC(=O)Cc2cc(C(F)(F)F)ccc2F)cc1. The van der Waals surface area contributed by atoms with Gasteiger partial charge < -0.3 is 21.1 Å². The number of alkyl halides is 3. The summed E-state index contributed by atoms with van der Waals surface area (Å²) >= 11 is 0. The number of hydrogen-bond donors (Lipinski definition) is 4. The van der Waals surface area contributed by atoms with Gasteiger partial charge in [-0.15, -0.1) is 0 Å². The molecule has 3 aromatic carbocycles. The number of fused-ring (bicyclic) bond motifs is 1. The maximum Gasteiger partial charge on any atom is 0.416 e. The van der Waals surface area contributed by atoms with Crippen LogP contribution in [0, 0.1) is 5.82 Å². The average molecular weight is 528 g/mol. The summed E-state index contributed by atoms with van der Waals surface area (Å²) in [5, 5.41) is 13.0. The number of Topliss-reactive ketones (excluding diaryl/α,β-unsaturated/α-hetero) is 1. The monoisotopic (exact) mass is 527 g/mol. The lowest BCUT2D eigenvalue weighted by molar-refractivity contribution is -0.137. The molecule has 0 saturated heterocycles. The summed E-state index contributed by atoms with van der Waals surface area (Å²) in [6, 6.07) is 14.7. The van der Waals surface area contributed by atoms with E-state index in [1.165, 1.54) is 0 Å². The van der Waals surface area contributed by atoms with Crippen LogP contribution in [0.5, 0.6) is 0 Å². The average Bonchev–Trinajstić information content (AvgIpc) is 3.28. The van der Waals surface area contributed by atoms with Gasteiger partial charge in [-0.3, -0.25) is 9.59 Å². The van der Waals surface area contributed by atoms with E-state index in [1.54, 1.807) is 24.3 Å². The van der Waals surface area contributed by atoms with E-state index in [2.05, 4.69) is 10.3 Å². The fourth-order valence-corrected chi connectivity index (χ4v) is 4.35. The highest BCUT2D eigenvalue weighted by Crippen LogP contribution is 2.36. The molecular weight excluding hydrogens is 502 g/mol. The fourth-order valence-electron chi connectivity index (χ4n) is 4.35. The lowest BCUT2D eigenvalue weighted by atomic mass is 9.97. The van der Waals surface area contributed by atoms with Crippen molar-refractivity contribution in [3.8, 4) is 11.1 Å². The Labute approximate surface area is 215 Å². The topological polar surface area (TPSA) is 108 Å². The first kappa shape index (κ1) is 26.9. The van der Waals surface area contributed by atoms with E-state index in [0.29, 0.717) is 47.4 Å². The number of ketones is 1. The summed E-state index contributed by atoms with van der Waals surface area (Å²) in [4.78, 5) is 27.7. The van der Waals surface area contributed by atoms with E-state index in [-0.39, 0.29) is 30.1 Å². The number of nitrogens with two attached hydrogens (primary N) is 1. The quantitative estimate of drug-likeness (QED) is 0.212. The minimum atomic E-state index is -4.62. The number of anilines is 1. The third kappa shape index (κ3) is 5.86. The van der Waals surface area contributed by atoms with Crippen molar-refractivity contribution < 1.29 is 32.3 Å². The highest BCUT2D eigenvalue weighted by Gasteiger charge is 2.31. The molecule has 1 aromatic heterocycles. The Morgan fingerprint density at radius 1 is 1.03 bits per heavy atom. The van der Waals surface area contributed by atoms with E-state index in [4.69, 9.17) is 10.8 Å². The third-order valence-electron chi connectivity index (χ3n) is 6.20. The van der Waals surface area contributed by atoms with Gasteiger partial charge in [0.25, 0.3) is 5.91 Å². The number of aliphatic hydroxyl groups excluding tert-OH is 1. The minimum absolute atomic E-state index is 0.0224. The van der Waals surface area contributed by atoms with Crippen LogP contribution >= 0.6 is 0 Å². The highest BCUT2D eigenvalue weighted by molar-refractivity contribution is 6.11. The molecule has 1 amide bonds. The van der Waals surface area contributed by atoms with E-state index in [0.717, 1.165) is 17.0 Å². The lowest BCUT2D eigenvalue weighted by Gasteiger charge is -2.10. The zero-order valence-electron chi connectivity index (χ0n) is 20.2. The molecule has 38 heavy (non-hydrogen) atoms. The number of benzene rings is 3. The molecule has 0 spiro atoms. The van der Waals surface area contributed by atoms with Gasteiger partial charge in [-0.25, -0.2) is 4.39 Å². The van der Waals surface area contributed by atoms with E-state index >= 15 is 0 Å². The molecule has 0 atom stereocenters. The summed E-state index contributed by atoms with van der Waals surface area (Å²) in [7, 11) is 0. The Balaban J connectivity index is 1.50. The molecule has 5 N–H and O–H groups in total. The summed E-state index contributed by atoms with van der Waals surface area (Å²) in [6.45, 7) is 0.263. The molecule has 0 aliphatic heterocycles. The summed E-state index contributed by atoms with van der Waals surface area (Å²) in [5.41, 5.74) is 8.06. The Hall–Kier alpha value is -4.18. The second-order valence-corrected chi connectivity index (χ2v) is 8.83. The number of aryl methyl sites for hydroxylation is 1. The van der Waals surface area contributed by atoms with Gasteiger partial charge >= 0.3 is 6.18 Å². The molecule has 0 unspecified atom stereocenters. The van der Waals surface area contributed by atoms with Gasteiger partial charge in [0.15, 0.2) is 0 Å². The number of hydrogen-bond acceptors (Lipinski definition) is 4. The van der Waals surface area contributed by atoms with Crippen LogP contribution in [0.2, 0.25) is 0 Å². The van der Waals surface area contributed by atoms with E-state index < -0.39 is 29.9 Å². The third-order valence-corrected chi connectivity index (χ3v) is 6.20. The van der Waals surface area contributed by atoms with E-state index in [1.807, 2.05) is 18.2 Å². The summed E-state index contributed by atoms with van der Waals surface area (Å²) < 4.78 is 52.7. The predicted octanol–water partition coefficient (Wildman–Crippen LogP) is 5.24. The van der Waals surface area contributed by atoms with Gasteiger partial charge in [0, 0.05) is 30.3 Å². The Kier molecular flexibility index (Phi) is 7.82. The number of nitrogens with one attached hydrogen (secondary N) is 2. The fraction of sp³-hybridized carbons (Fsp3) is 0.214. The molecule has 0 radical (unpaired) electrons. The number of halogens is 4. The molecule has 0 aliphatic rings. The maximum atomic E-state index is 14.0. The number of aliphatic hydroxyl groups is 1. The van der Waals surface area contributed by atoms with Crippen molar-refractivity contribution >= 4 is 28.3 Å². The smallest absolute Gasteiger partial charge is 0.395 e. The van der Waals surface area contributed by atoms with Gasteiger partial charge in [-0.2, -0.15) is 13.2 Å². The first-order valence-corrected chi connectivity index (χ1v) is 11.8. The molecule has 4 aromatic rings. The molecule has 0 fully saturated rings. The number of para-hydroxylation sites is 1. The summed E-state index contributed by atoms with van der Waals surface area (Å²) in [5.74, 6) is -1.88. The van der Waals surface area contributed by atoms with Crippen LogP contribution in [-0.2, 0) is 23.8 Å². The standard InChI is InChI=1S/C28H25F4N3O3/c29-22-11-9-19(28(30,31)32)14-18(22)15-20(37)10-6-16-4-7-17(8-5-16)24-21-2-1-3-23(34-12-13-36)25(21)35-26(24)27(33)38/h1-5,7-9,11,14,34-36H,6,10,12-13,15H2,(H2,33,38). The number of rotatable bonds is 10. The van der Waals surface area contributed by atoms with Crippen molar-refractivity contribution in [1.82, 2.24) is 4.98 Å². The Morgan fingerprint density at radius 3 is 2.42 bits per heavy atom. The Bertz CT molecular complexity index is 1480. The summed E-state index contributed by atoms with van der Waals surface area (Å²) in [6.07, 6.45) is -4.72. The number of carbonyl (C=O) groups is 2. The van der Waals surface area contributed by atoms with Crippen LogP contribution in [0.15, 0.2) is 60.7 Å². The molecule has 0 bridgehead atoms. The van der Waals surface area contributed by atoms with Crippen molar-refractivity contribution in [1.29, 1.82) is 0 Å². The number of primary amides is 1. The van der Waals surface area contributed by atoms with Gasteiger partial charge in [-0.1, -0.05) is 36.4 Å². The van der Waals surface area contributed by atoms with Crippen molar-refractivity contribution in [3.05, 3.63) is 88.9 Å². The van der Waals surface area contributed by atoms with Crippen molar-refractivity contribution in [3.63, 3.8) is 0 Å². The van der Waals surface area contributed by atoms with Crippen molar-refractivity contribution in [2.24, 2.45) is 5.73 Å². The normalized spacial score (nSPS) is 11.6. The number of H-pyrrole nitrogens is 1. The van der Waals surface area contributed by atoms with Crippen LogP contribution in [-0.4, -0.2) is 34.9 Å². The molecule has 6 nitrogen and oxygen atoms in total. The van der Waals surface area contributed by atoms with E-state index in [9.17, 15) is 27.2 Å². The molecule has 1 heterocycles. The molecule has 0 saturated carbocycles. The highest BCUT2D eigenvalue weighted by atomic mass is 19.4. The van der Waals surface area contributed by atoms with Gasteiger partial charge in [-0.05, 0) is 47.4 Å². The second kappa shape index (κ2) is 11.1. The van der Waals surface area contributed by atoms with Crippen LogP contribution in [0.4, 0.5) is 23.2 Å². The van der Waals surface area contributed by atoms with Crippen LogP contribution in [0.1, 0.15) is 33.6 Å². The zero-order valence-corrected chi connectivity index (χ0v) is 20.2. The van der Waals surface area contributed by atoms with Gasteiger partial charge in [0.05, 0.1) is 23.4 Å². The number of aromatic nitrogens is 1. The van der Waals surface area contributed by atoms with Crippen LogP contribution in [0.25, 0.3) is 22.0 Å². The Morgan fingerprint density at radius 2 is 1.76 bits per heavy atom. The first-order chi connectivity index (χ1) is 18.1. The van der Waals surface area contributed by atoms with Crippen molar-refractivity contribution in [2.45, 2.75) is 25.4 Å². The lowest BCUT2D eigenvalue weighted by Crippen LogP contribution is -2.12. The second-order valence-electron chi connectivity index (χ2n) is 8.83. The molecular formula is C28H25F4N3O3. The number of aromatic amines is 1. The molecule has 0 aliphatic carbocycles. The molecule has 198 valence electrons. The number of carbonyl (C=O) groups excluding carboxylic acids is 2. The molecule has 4 rings (SSSR count).